The van der Waals surface area contributed by atoms with Crippen LogP contribution < -0.4 is 10.1 Å². The van der Waals surface area contributed by atoms with Gasteiger partial charge in [0.1, 0.15) is 5.75 Å². The molecule has 1 unspecified atom stereocenters. The molecule has 0 radical (unpaired) electrons. The molecule has 1 N–H and O–H groups in total. The molecule has 1 atom stereocenters. The van der Waals surface area contributed by atoms with E-state index in [-0.39, 0.29) is 17.8 Å². The Morgan fingerprint density at radius 2 is 1.76 bits per heavy atom. The fraction of sp³-hybridized carbons (Fsp3) is 0.0714. The molecule has 1 aromatic heterocycles. The SMILES string of the molecule is O=C1COc2ccc(C3=Cc4ccc(-c5ccccn5)cc4SC3c3ccccc3)cc2N1. The molecule has 160 valence electrons. The van der Waals surface area contributed by atoms with E-state index in [2.05, 4.69) is 64.9 Å². The summed E-state index contributed by atoms with van der Waals surface area (Å²) in [4.78, 5) is 17.6. The Morgan fingerprint density at radius 1 is 0.909 bits per heavy atom. The molecule has 2 aliphatic heterocycles. The molecule has 1 amide bonds. The van der Waals surface area contributed by atoms with E-state index in [0.29, 0.717) is 5.75 Å². The molecule has 2 aliphatic rings. The molecule has 0 fully saturated rings. The number of rotatable bonds is 3. The third kappa shape index (κ3) is 3.81. The Balaban J connectivity index is 1.46. The number of pyridine rings is 1. The van der Waals surface area contributed by atoms with Crippen LogP contribution in [0.3, 0.4) is 0 Å². The van der Waals surface area contributed by atoms with Gasteiger partial charge < -0.3 is 10.1 Å². The van der Waals surface area contributed by atoms with Crippen molar-refractivity contribution in [2.75, 3.05) is 11.9 Å². The molecule has 0 bridgehead atoms. The van der Waals surface area contributed by atoms with Crippen molar-refractivity contribution in [2.24, 2.45) is 0 Å². The van der Waals surface area contributed by atoms with Crippen LogP contribution in [0, 0.1) is 0 Å². The van der Waals surface area contributed by atoms with E-state index in [9.17, 15) is 4.79 Å². The van der Waals surface area contributed by atoms with Gasteiger partial charge in [0.25, 0.3) is 5.91 Å². The number of thioether (sulfide) groups is 1. The first kappa shape index (κ1) is 19.8. The number of hydrogen-bond acceptors (Lipinski definition) is 4. The Hall–Kier alpha value is -3.83. The van der Waals surface area contributed by atoms with E-state index in [4.69, 9.17) is 4.74 Å². The molecule has 0 saturated carbocycles. The summed E-state index contributed by atoms with van der Waals surface area (Å²) in [6.45, 7) is 0.0590. The molecular weight excluding hydrogens is 428 g/mol. The molecule has 3 heterocycles. The molecule has 0 aliphatic carbocycles. The third-order valence-electron chi connectivity index (χ3n) is 5.86. The molecule has 0 saturated heterocycles. The van der Waals surface area contributed by atoms with Crippen LogP contribution >= 0.6 is 11.8 Å². The molecule has 33 heavy (non-hydrogen) atoms. The number of amides is 1. The maximum Gasteiger partial charge on any atom is 0.262 e. The van der Waals surface area contributed by atoms with Gasteiger partial charge in [-0.3, -0.25) is 9.78 Å². The second kappa shape index (κ2) is 8.26. The molecule has 4 aromatic rings. The fourth-order valence-corrected chi connectivity index (χ4v) is 5.59. The van der Waals surface area contributed by atoms with E-state index in [1.807, 2.05) is 54.4 Å². The van der Waals surface area contributed by atoms with Crippen molar-refractivity contribution in [3.63, 3.8) is 0 Å². The van der Waals surface area contributed by atoms with Gasteiger partial charge in [0.15, 0.2) is 6.61 Å². The molecule has 5 heteroatoms. The van der Waals surface area contributed by atoms with Gasteiger partial charge in [-0.05, 0) is 58.7 Å². The monoisotopic (exact) mass is 448 g/mol. The van der Waals surface area contributed by atoms with Crippen LogP contribution in [0.15, 0.2) is 96.0 Å². The Bertz CT molecular complexity index is 1380. The Labute approximate surface area is 196 Å². The van der Waals surface area contributed by atoms with E-state index in [1.165, 1.54) is 21.6 Å². The largest absolute Gasteiger partial charge is 0.482 e. The zero-order chi connectivity index (χ0) is 22.2. The maximum atomic E-state index is 11.9. The topological polar surface area (TPSA) is 51.2 Å². The van der Waals surface area contributed by atoms with Crippen molar-refractivity contribution in [2.45, 2.75) is 10.1 Å². The number of nitrogens with zero attached hydrogens (tertiary/aromatic N) is 1. The van der Waals surface area contributed by atoms with Gasteiger partial charge in [-0.15, -0.1) is 11.8 Å². The van der Waals surface area contributed by atoms with Crippen LogP contribution in [0.2, 0.25) is 0 Å². The van der Waals surface area contributed by atoms with Gasteiger partial charge in [0, 0.05) is 16.7 Å². The van der Waals surface area contributed by atoms with Crippen molar-refractivity contribution < 1.29 is 9.53 Å². The highest BCUT2D eigenvalue weighted by Crippen LogP contribution is 2.51. The number of aromatic nitrogens is 1. The summed E-state index contributed by atoms with van der Waals surface area (Å²) in [5.74, 6) is 0.581. The van der Waals surface area contributed by atoms with Crippen LogP contribution in [0.5, 0.6) is 5.75 Å². The van der Waals surface area contributed by atoms with Crippen LogP contribution in [0.4, 0.5) is 5.69 Å². The Morgan fingerprint density at radius 3 is 2.61 bits per heavy atom. The lowest BCUT2D eigenvalue weighted by molar-refractivity contribution is -0.118. The van der Waals surface area contributed by atoms with Gasteiger partial charge in [-0.25, -0.2) is 0 Å². The van der Waals surface area contributed by atoms with Crippen molar-refractivity contribution in [1.82, 2.24) is 4.98 Å². The zero-order valence-electron chi connectivity index (χ0n) is 17.7. The molecule has 4 nitrogen and oxygen atoms in total. The van der Waals surface area contributed by atoms with Crippen LogP contribution in [0.1, 0.15) is 21.9 Å². The zero-order valence-corrected chi connectivity index (χ0v) is 18.5. The summed E-state index contributed by atoms with van der Waals surface area (Å²) in [6.07, 6.45) is 4.09. The average molecular weight is 449 g/mol. The minimum Gasteiger partial charge on any atom is -0.482 e. The predicted molar refractivity (Wildman–Crippen MR) is 133 cm³/mol. The number of carbonyl (C=O) groups excluding carboxylic acids is 1. The highest BCUT2D eigenvalue weighted by Gasteiger charge is 2.27. The van der Waals surface area contributed by atoms with Crippen LogP contribution in [-0.4, -0.2) is 17.5 Å². The highest BCUT2D eigenvalue weighted by molar-refractivity contribution is 8.00. The minimum atomic E-state index is -0.126. The van der Waals surface area contributed by atoms with Crippen molar-refractivity contribution in [1.29, 1.82) is 0 Å². The average Bonchev–Trinajstić information content (AvgIpc) is 2.88. The lowest BCUT2D eigenvalue weighted by atomic mass is 9.94. The van der Waals surface area contributed by atoms with Gasteiger partial charge in [0.05, 0.1) is 16.6 Å². The van der Waals surface area contributed by atoms with E-state index in [1.54, 1.807) is 0 Å². The van der Waals surface area contributed by atoms with Crippen LogP contribution in [-0.2, 0) is 4.79 Å². The van der Waals surface area contributed by atoms with Gasteiger partial charge in [-0.2, -0.15) is 0 Å². The number of anilines is 1. The maximum absolute atomic E-state index is 11.9. The first-order valence-corrected chi connectivity index (χ1v) is 11.7. The number of carbonyl (C=O) groups is 1. The van der Waals surface area contributed by atoms with E-state index in [0.717, 1.165) is 22.5 Å². The highest BCUT2D eigenvalue weighted by atomic mass is 32.2. The number of ether oxygens (including phenoxy) is 1. The molecule has 0 spiro atoms. The van der Waals surface area contributed by atoms with Crippen LogP contribution in [0.25, 0.3) is 22.9 Å². The van der Waals surface area contributed by atoms with Crippen molar-refractivity contribution >= 4 is 35.0 Å². The predicted octanol–water partition coefficient (Wildman–Crippen LogP) is 6.47. The normalized spacial score (nSPS) is 16.7. The van der Waals surface area contributed by atoms with E-state index < -0.39 is 0 Å². The fourth-order valence-electron chi connectivity index (χ4n) is 4.26. The third-order valence-corrected chi connectivity index (χ3v) is 7.23. The second-order valence-corrected chi connectivity index (χ2v) is 9.17. The number of hydrogen-bond donors (Lipinski definition) is 1. The standard InChI is InChI=1S/C28H20N2O2S/c31-27-17-32-25-12-11-19(15-24(25)30-27)22-14-21-10-9-20(23-8-4-5-13-29-23)16-26(21)33-28(22)18-6-2-1-3-7-18/h1-16,28H,17H2,(H,30,31). The van der Waals surface area contributed by atoms with E-state index >= 15 is 0 Å². The summed E-state index contributed by atoms with van der Waals surface area (Å²) in [6, 6.07) is 29.1. The summed E-state index contributed by atoms with van der Waals surface area (Å²) in [5, 5.41) is 3.06. The summed E-state index contributed by atoms with van der Waals surface area (Å²) >= 11 is 1.85. The quantitative estimate of drug-likeness (QED) is 0.390. The van der Waals surface area contributed by atoms with Gasteiger partial charge in [-0.1, -0.05) is 54.6 Å². The minimum absolute atomic E-state index is 0.0590. The first-order valence-electron chi connectivity index (χ1n) is 10.8. The summed E-state index contributed by atoms with van der Waals surface area (Å²) in [5.41, 5.74) is 7.49. The van der Waals surface area contributed by atoms with Crippen molar-refractivity contribution in [3.8, 4) is 17.0 Å². The second-order valence-electron chi connectivity index (χ2n) is 8.02. The number of nitrogens with one attached hydrogen (secondary N) is 1. The number of fused-ring (bicyclic) bond motifs is 2. The van der Waals surface area contributed by atoms with Gasteiger partial charge >= 0.3 is 0 Å². The van der Waals surface area contributed by atoms with Gasteiger partial charge in [0.2, 0.25) is 0 Å². The number of benzene rings is 3. The molecular formula is C28H20N2O2S. The lowest BCUT2D eigenvalue weighted by Crippen LogP contribution is -2.25. The molecule has 3 aromatic carbocycles. The summed E-state index contributed by atoms with van der Waals surface area (Å²) in [7, 11) is 0. The lowest BCUT2D eigenvalue weighted by Gasteiger charge is -2.28. The first-order chi connectivity index (χ1) is 16.2. The Kier molecular flexibility index (Phi) is 4.96. The van der Waals surface area contributed by atoms with Crippen molar-refractivity contribution in [3.05, 3.63) is 108 Å². The summed E-state index contributed by atoms with van der Waals surface area (Å²) < 4.78 is 5.56. The smallest absolute Gasteiger partial charge is 0.262 e. The molecule has 6 rings (SSSR count).